The summed E-state index contributed by atoms with van der Waals surface area (Å²) in [6, 6.07) is 17.3. The van der Waals surface area contributed by atoms with Crippen LogP contribution < -0.4 is 20.1 Å². The maximum absolute atomic E-state index is 12.9. The fourth-order valence-electron chi connectivity index (χ4n) is 4.66. The molecule has 0 saturated heterocycles. The Morgan fingerprint density at radius 3 is 2.58 bits per heavy atom. The van der Waals surface area contributed by atoms with E-state index in [4.69, 9.17) is 14.5 Å². The fraction of sp³-hybridized carbons (Fsp3) is 0.303. The number of anilines is 2. The first-order chi connectivity index (χ1) is 21.0. The van der Waals surface area contributed by atoms with Crippen LogP contribution in [-0.2, 0) is 13.0 Å². The number of imidazole rings is 1. The van der Waals surface area contributed by atoms with E-state index in [-0.39, 0.29) is 5.91 Å². The van der Waals surface area contributed by atoms with Crippen LogP contribution in [0.1, 0.15) is 28.9 Å². The lowest BCUT2D eigenvalue weighted by atomic mass is 10.2. The first-order valence-corrected chi connectivity index (χ1v) is 14.8. The van der Waals surface area contributed by atoms with Crippen LogP contribution in [0.3, 0.4) is 0 Å². The summed E-state index contributed by atoms with van der Waals surface area (Å²) >= 11 is 4.03. The van der Waals surface area contributed by atoms with Crippen molar-refractivity contribution >= 4 is 41.2 Å². The van der Waals surface area contributed by atoms with Gasteiger partial charge in [-0.05, 0) is 62.2 Å². The van der Waals surface area contributed by atoms with Crippen molar-refractivity contribution in [1.29, 1.82) is 0 Å². The predicted octanol–water partition coefficient (Wildman–Crippen LogP) is 5.88. The van der Waals surface area contributed by atoms with Crippen molar-refractivity contribution < 1.29 is 14.3 Å². The van der Waals surface area contributed by atoms with E-state index in [0.717, 1.165) is 61.3 Å². The number of nitrogens with one attached hydrogen (secondary N) is 2. The molecule has 0 bridgehead atoms. The molecule has 0 spiro atoms. The van der Waals surface area contributed by atoms with E-state index in [1.165, 1.54) is 0 Å². The van der Waals surface area contributed by atoms with Crippen molar-refractivity contribution in [3.8, 4) is 11.5 Å². The molecule has 4 aromatic rings. The molecule has 2 aromatic heterocycles. The Bertz CT molecular complexity index is 1510. The van der Waals surface area contributed by atoms with Gasteiger partial charge >= 0.3 is 0 Å². The minimum atomic E-state index is -0.129. The van der Waals surface area contributed by atoms with Crippen molar-refractivity contribution in [1.82, 2.24) is 24.8 Å². The molecule has 0 saturated carbocycles. The van der Waals surface area contributed by atoms with Gasteiger partial charge in [-0.15, -0.1) is 0 Å². The second-order valence-electron chi connectivity index (χ2n) is 10.1. The zero-order valence-electron chi connectivity index (χ0n) is 25.0. The van der Waals surface area contributed by atoms with Crippen molar-refractivity contribution in [2.45, 2.75) is 25.8 Å². The minimum absolute atomic E-state index is 0.129. The highest BCUT2D eigenvalue weighted by atomic mass is 32.1. The summed E-state index contributed by atoms with van der Waals surface area (Å²) in [4.78, 5) is 24.5. The van der Waals surface area contributed by atoms with E-state index in [0.29, 0.717) is 29.6 Å². The standard InChI is InChI=1S/C33H40N6O3S/c1-38(19-14-26-11-6-8-15-34-26)17-10-18-39-31-13-12-25(32(40)35-16-7-4-5-9-20-43)21-30(31)37-33(39)36-27-22-28(41-2)24-29(23-27)42-3/h4-6,8-9,11-13,15,20-24,43H,7,10,14,16-19H2,1-3H3,(H,35,40)(H,36,37)/b5-4+,20-9-. The minimum Gasteiger partial charge on any atom is -0.497 e. The molecule has 2 N–H and O–H groups in total. The average Bonchev–Trinajstić information content (AvgIpc) is 3.37. The highest BCUT2D eigenvalue weighted by Gasteiger charge is 2.15. The Morgan fingerprint density at radius 2 is 1.86 bits per heavy atom. The van der Waals surface area contributed by atoms with Crippen molar-refractivity contribution in [3.63, 3.8) is 0 Å². The molecule has 226 valence electrons. The second-order valence-corrected chi connectivity index (χ2v) is 10.4. The fourth-order valence-corrected chi connectivity index (χ4v) is 4.76. The maximum atomic E-state index is 12.9. The number of aromatic nitrogens is 3. The molecule has 0 aliphatic rings. The second kappa shape index (κ2) is 16.4. The molecule has 2 aromatic carbocycles. The van der Waals surface area contributed by atoms with E-state index < -0.39 is 0 Å². The monoisotopic (exact) mass is 600 g/mol. The molecule has 0 unspecified atom stereocenters. The molecule has 4 rings (SSSR count). The first kappa shape index (κ1) is 31.7. The van der Waals surface area contributed by atoms with Crippen LogP contribution in [0.4, 0.5) is 11.6 Å². The number of hydrogen-bond donors (Lipinski definition) is 3. The molecule has 43 heavy (non-hydrogen) atoms. The lowest BCUT2D eigenvalue weighted by Gasteiger charge is -2.17. The van der Waals surface area contributed by atoms with Crippen LogP contribution in [0.2, 0.25) is 0 Å². The molecule has 0 radical (unpaired) electrons. The number of fused-ring (bicyclic) bond motifs is 1. The molecular weight excluding hydrogens is 560 g/mol. The highest BCUT2D eigenvalue weighted by molar-refractivity contribution is 7.83. The number of carbonyl (C=O) groups excluding carboxylic acids is 1. The van der Waals surface area contributed by atoms with E-state index in [1.54, 1.807) is 19.6 Å². The number of carbonyl (C=O) groups is 1. The Labute approximate surface area is 259 Å². The van der Waals surface area contributed by atoms with E-state index in [9.17, 15) is 4.79 Å². The number of benzene rings is 2. The summed E-state index contributed by atoms with van der Waals surface area (Å²) in [6.45, 7) is 3.13. The SMILES string of the molecule is COc1cc(Nc2nc3cc(C(=O)NCC/C=C/C=C\S)ccc3n2CCCN(C)CCc2ccccn2)cc(OC)c1. The summed E-state index contributed by atoms with van der Waals surface area (Å²) in [5, 5.41) is 8.10. The summed E-state index contributed by atoms with van der Waals surface area (Å²) in [6.07, 6.45) is 10.1. The van der Waals surface area contributed by atoms with Crippen molar-refractivity contribution in [2.75, 3.05) is 46.2 Å². The third-order valence-electron chi connectivity index (χ3n) is 6.95. The van der Waals surface area contributed by atoms with Crippen LogP contribution in [0, 0.1) is 0 Å². The third-order valence-corrected chi connectivity index (χ3v) is 7.12. The summed E-state index contributed by atoms with van der Waals surface area (Å²) in [5.41, 5.74) is 4.15. The van der Waals surface area contributed by atoms with Crippen LogP contribution >= 0.6 is 12.6 Å². The van der Waals surface area contributed by atoms with Crippen LogP contribution in [0.25, 0.3) is 11.0 Å². The number of amides is 1. The molecular formula is C33H40N6O3S. The molecule has 2 heterocycles. The normalized spacial score (nSPS) is 11.6. The van der Waals surface area contributed by atoms with Crippen molar-refractivity contribution in [2.24, 2.45) is 0 Å². The van der Waals surface area contributed by atoms with Crippen LogP contribution in [0.5, 0.6) is 11.5 Å². The molecule has 1 amide bonds. The number of nitrogens with zero attached hydrogens (tertiary/aromatic N) is 4. The molecule has 0 aliphatic carbocycles. The van der Waals surface area contributed by atoms with Gasteiger partial charge in [0.05, 0.1) is 25.3 Å². The number of ether oxygens (including phenoxy) is 2. The quantitative estimate of drug-likeness (QED) is 0.0841. The Balaban J connectivity index is 1.51. The zero-order valence-corrected chi connectivity index (χ0v) is 25.9. The van der Waals surface area contributed by atoms with Crippen LogP contribution in [0.15, 0.2) is 84.4 Å². The van der Waals surface area contributed by atoms with Gasteiger partial charge in [0, 0.05) is 67.4 Å². The van der Waals surface area contributed by atoms with Gasteiger partial charge in [0.1, 0.15) is 11.5 Å². The molecule has 9 nitrogen and oxygen atoms in total. The van der Waals surface area contributed by atoms with E-state index >= 15 is 0 Å². The van der Waals surface area contributed by atoms with Gasteiger partial charge in [0.15, 0.2) is 0 Å². The molecule has 0 atom stereocenters. The van der Waals surface area contributed by atoms with Gasteiger partial charge in [-0.25, -0.2) is 4.98 Å². The van der Waals surface area contributed by atoms with E-state index in [1.807, 2.05) is 73.0 Å². The average molecular weight is 601 g/mol. The number of allylic oxidation sites excluding steroid dienone is 2. The zero-order chi connectivity index (χ0) is 30.4. The first-order valence-electron chi connectivity index (χ1n) is 14.3. The van der Waals surface area contributed by atoms with Gasteiger partial charge in [-0.3, -0.25) is 9.78 Å². The maximum Gasteiger partial charge on any atom is 0.251 e. The lowest BCUT2D eigenvalue weighted by molar-refractivity contribution is 0.0954. The number of aryl methyl sites for hydroxylation is 1. The topological polar surface area (TPSA) is 93.5 Å². The van der Waals surface area contributed by atoms with Gasteiger partial charge in [0.25, 0.3) is 5.91 Å². The largest absolute Gasteiger partial charge is 0.497 e. The van der Waals surface area contributed by atoms with Crippen molar-refractivity contribution in [3.05, 3.63) is 95.7 Å². The van der Waals surface area contributed by atoms with Gasteiger partial charge in [-0.1, -0.05) is 24.3 Å². The summed E-state index contributed by atoms with van der Waals surface area (Å²) < 4.78 is 13.1. The summed E-state index contributed by atoms with van der Waals surface area (Å²) in [5.74, 6) is 1.90. The summed E-state index contributed by atoms with van der Waals surface area (Å²) in [7, 11) is 5.38. The Hall–Kier alpha value is -4.28. The lowest BCUT2D eigenvalue weighted by Crippen LogP contribution is -2.24. The number of methoxy groups -OCH3 is 2. The van der Waals surface area contributed by atoms with Gasteiger partial charge < -0.3 is 29.6 Å². The number of thiol groups is 1. The number of pyridine rings is 1. The smallest absolute Gasteiger partial charge is 0.251 e. The number of likely N-dealkylation sites (N-methyl/N-ethyl adjacent to an activating group) is 1. The highest BCUT2D eigenvalue weighted by Crippen LogP contribution is 2.30. The van der Waals surface area contributed by atoms with Gasteiger partial charge in [-0.2, -0.15) is 12.6 Å². The number of hydrogen-bond acceptors (Lipinski definition) is 8. The Morgan fingerprint density at radius 1 is 1.05 bits per heavy atom. The van der Waals surface area contributed by atoms with E-state index in [2.05, 4.69) is 50.8 Å². The van der Waals surface area contributed by atoms with Crippen LogP contribution in [-0.4, -0.2) is 66.2 Å². The van der Waals surface area contributed by atoms with Gasteiger partial charge in [0.2, 0.25) is 5.95 Å². The molecule has 0 aliphatic heterocycles. The Kier molecular flexibility index (Phi) is 12.1. The third kappa shape index (κ3) is 9.36. The predicted molar refractivity (Wildman–Crippen MR) is 177 cm³/mol. The molecule has 0 fully saturated rings. The number of rotatable bonds is 16. The molecule has 10 heteroatoms.